The lowest BCUT2D eigenvalue weighted by molar-refractivity contribution is 0.160. The van der Waals surface area contributed by atoms with Gasteiger partial charge in [0.25, 0.3) is 0 Å². The molecule has 1 spiro atoms. The van der Waals surface area contributed by atoms with Crippen molar-refractivity contribution in [1.82, 2.24) is 4.90 Å². The number of amides is 2. The van der Waals surface area contributed by atoms with Gasteiger partial charge in [-0.3, -0.25) is 9.80 Å². The summed E-state index contributed by atoms with van der Waals surface area (Å²) in [5.74, 6) is -0.784. The van der Waals surface area contributed by atoms with Crippen LogP contribution < -0.4 is 10.2 Å². The van der Waals surface area contributed by atoms with Crippen molar-refractivity contribution < 1.29 is 13.6 Å². The average Bonchev–Trinajstić information content (AvgIpc) is 3.15. The third-order valence-corrected chi connectivity index (χ3v) is 7.68. The molecule has 0 unspecified atom stereocenters. The van der Waals surface area contributed by atoms with Crippen molar-refractivity contribution in [2.75, 3.05) is 29.9 Å². The minimum Gasteiger partial charge on any atom is -0.305 e. The summed E-state index contributed by atoms with van der Waals surface area (Å²) in [5, 5.41) is 2.69. The molecule has 0 saturated carbocycles. The standard InChI is InChI=1S/C30H33F2N3O/c1-29(2,3)22-10-8-21(9-11-22)19-34-16-14-30(15-17-34)20-35(27-13-12-23(31)18-24(27)30)28(36)33-26-7-5-4-6-25(26)32/h4-13,18H,14-17,19-20H2,1-3H3,(H,33,36). The molecule has 2 amide bonds. The largest absolute Gasteiger partial charge is 0.326 e. The van der Waals surface area contributed by atoms with Gasteiger partial charge in [-0.2, -0.15) is 0 Å². The maximum atomic E-state index is 14.3. The molecule has 3 aromatic carbocycles. The number of nitrogens with zero attached hydrogens (tertiary/aromatic N) is 2. The third-order valence-electron chi connectivity index (χ3n) is 7.68. The predicted octanol–water partition coefficient (Wildman–Crippen LogP) is 6.85. The summed E-state index contributed by atoms with van der Waals surface area (Å²) < 4.78 is 28.5. The molecule has 6 heteroatoms. The van der Waals surface area contributed by atoms with E-state index in [0.29, 0.717) is 12.2 Å². The number of piperidine rings is 1. The van der Waals surface area contributed by atoms with Gasteiger partial charge in [-0.05, 0) is 78.4 Å². The Morgan fingerprint density at radius 1 is 0.972 bits per heavy atom. The van der Waals surface area contributed by atoms with E-state index in [1.807, 2.05) is 0 Å². The Bertz CT molecular complexity index is 1260. The van der Waals surface area contributed by atoms with Gasteiger partial charge in [0.2, 0.25) is 0 Å². The monoisotopic (exact) mass is 489 g/mol. The fourth-order valence-corrected chi connectivity index (χ4v) is 5.50. The third kappa shape index (κ3) is 4.74. The first-order chi connectivity index (χ1) is 17.1. The van der Waals surface area contributed by atoms with Crippen molar-refractivity contribution in [3.05, 3.63) is 95.1 Å². The Kier molecular flexibility index (Phi) is 6.33. The molecule has 1 saturated heterocycles. The number of para-hydroxylation sites is 1. The molecule has 1 fully saturated rings. The fraction of sp³-hybridized carbons (Fsp3) is 0.367. The van der Waals surface area contributed by atoms with E-state index in [-0.39, 0.29) is 22.3 Å². The molecule has 2 aliphatic heterocycles. The van der Waals surface area contributed by atoms with Gasteiger partial charge in [0.05, 0.1) is 5.69 Å². The van der Waals surface area contributed by atoms with Gasteiger partial charge in [-0.25, -0.2) is 13.6 Å². The summed E-state index contributed by atoms with van der Waals surface area (Å²) in [6, 6.07) is 19.2. The molecule has 5 rings (SSSR count). The zero-order valence-corrected chi connectivity index (χ0v) is 21.2. The summed E-state index contributed by atoms with van der Waals surface area (Å²) in [6.07, 6.45) is 1.65. The number of likely N-dealkylation sites (tertiary alicyclic amines) is 1. The van der Waals surface area contributed by atoms with Crippen LogP contribution in [-0.4, -0.2) is 30.6 Å². The molecular formula is C30H33F2N3O. The van der Waals surface area contributed by atoms with Gasteiger partial charge in [-0.15, -0.1) is 0 Å². The number of rotatable bonds is 3. The summed E-state index contributed by atoms with van der Waals surface area (Å²) in [4.78, 5) is 17.3. The van der Waals surface area contributed by atoms with Crippen molar-refractivity contribution >= 4 is 17.4 Å². The second kappa shape index (κ2) is 9.32. The number of anilines is 2. The van der Waals surface area contributed by atoms with Gasteiger partial charge in [-0.1, -0.05) is 57.2 Å². The Morgan fingerprint density at radius 2 is 1.67 bits per heavy atom. The van der Waals surface area contributed by atoms with Crippen LogP contribution in [-0.2, 0) is 17.4 Å². The van der Waals surface area contributed by atoms with Crippen LogP contribution in [0.1, 0.15) is 50.3 Å². The topological polar surface area (TPSA) is 35.6 Å². The van der Waals surface area contributed by atoms with Gasteiger partial charge < -0.3 is 5.32 Å². The molecule has 0 aliphatic carbocycles. The van der Waals surface area contributed by atoms with E-state index < -0.39 is 11.8 Å². The summed E-state index contributed by atoms with van der Waals surface area (Å²) >= 11 is 0. The van der Waals surface area contributed by atoms with Gasteiger partial charge in [0.1, 0.15) is 11.6 Å². The van der Waals surface area contributed by atoms with E-state index in [1.165, 1.54) is 29.3 Å². The molecular weight excluding hydrogens is 456 g/mol. The molecule has 4 nitrogen and oxygen atoms in total. The van der Waals surface area contributed by atoms with Gasteiger partial charge in [0.15, 0.2) is 0 Å². The number of urea groups is 1. The SMILES string of the molecule is CC(C)(C)c1ccc(CN2CCC3(CC2)CN(C(=O)Nc2ccccc2F)c2ccc(F)cc23)cc1. The van der Waals surface area contributed by atoms with Crippen molar-refractivity contribution in [2.24, 2.45) is 0 Å². The number of carbonyl (C=O) groups is 1. The van der Waals surface area contributed by atoms with Crippen molar-refractivity contribution in [3.8, 4) is 0 Å². The van der Waals surface area contributed by atoms with Crippen LogP contribution in [0.3, 0.4) is 0 Å². The Morgan fingerprint density at radius 3 is 2.33 bits per heavy atom. The van der Waals surface area contributed by atoms with Crippen LogP contribution >= 0.6 is 0 Å². The number of nitrogens with one attached hydrogen (secondary N) is 1. The zero-order chi connectivity index (χ0) is 25.5. The highest BCUT2D eigenvalue weighted by molar-refractivity contribution is 6.03. The van der Waals surface area contributed by atoms with E-state index in [9.17, 15) is 13.6 Å². The van der Waals surface area contributed by atoms with E-state index in [1.54, 1.807) is 29.2 Å². The highest BCUT2D eigenvalue weighted by Crippen LogP contribution is 2.47. The minimum absolute atomic E-state index is 0.131. The Hall–Kier alpha value is -3.25. The van der Waals surface area contributed by atoms with Crippen molar-refractivity contribution in [2.45, 2.75) is 51.0 Å². The first kappa shape index (κ1) is 24.4. The fourth-order valence-electron chi connectivity index (χ4n) is 5.50. The minimum atomic E-state index is -0.483. The van der Waals surface area contributed by atoms with Crippen LogP contribution in [0.2, 0.25) is 0 Å². The molecule has 2 aliphatic rings. The number of carbonyl (C=O) groups excluding carboxylic acids is 1. The lowest BCUT2D eigenvalue weighted by atomic mass is 9.74. The number of hydrogen-bond donors (Lipinski definition) is 1. The van der Waals surface area contributed by atoms with Gasteiger partial charge in [0, 0.05) is 24.2 Å². The molecule has 0 radical (unpaired) electrons. The van der Waals surface area contributed by atoms with Crippen LogP contribution in [0.25, 0.3) is 0 Å². The first-order valence-electron chi connectivity index (χ1n) is 12.6. The maximum Gasteiger partial charge on any atom is 0.326 e. The van der Waals surface area contributed by atoms with E-state index >= 15 is 0 Å². The number of hydrogen-bond acceptors (Lipinski definition) is 2. The highest BCUT2D eigenvalue weighted by atomic mass is 19.1. The van der Waals surface area contributed by atoms with Crippen molar-refractivity contribution in [1.29, 1.82) is 0 Å². The van der Waals surface area contributed by atoms with Crippen LogP contribution in [0.5, 0.6) is 0 Å². The molecule has 0 aromatic heterocycles. The maximum absolute atomic E-state index is 14.3. The molecule has 1 N–H and O–H groups in total. The van der Waals surface area contributed by atoms with Crippen LogP contribution in [0, 0.1) is 11.6 Å². The molecule has 2 heterocycles. The van der Waals surface area contributed by atoms with Crippen molar-refractivity contribution in [3.63, 3.8) is 0 Å². The Balaban J connectivity index is 1.31. The van der Waals surface area contributed by atoms with E-state index in [4.69, 9.17) is 0 Å². The summed E-state index contributed by atoms with van der Waals surface area (Å²) in [5.41, 5.74) is 4.14. The smallest absolute Gasteiger partial charge is 0.305 e. The summed E-state index contributed by atoms with van der Waals surface area (Å²) in [7, 11) is 0. The summed E-state index contributed by atoms with van der Waals surface area (Å²) in [6.45, 7) is 9.70. The van der Waals surface area contributed by atoms with Crippen LogP contribution in [0.4, 0.5) is 25.0 Å². The lowest BCUT2D eigenvalue weighted by Crippen LogP contribution is -2.46. The average molecular weight is 490 g/mol. The van der Waals surface area contributed by atoms with Gasteiger partial charge >= 0.3 is 6.03 Å². The normalized spacial score (nSPS) is 17.3. The Labute approximate surface area is 211 Å². The molecule has 0 atom stereocenters. The molecule has 0 bridgehead atoms. The predicted molar refractivity (Wildman–Crippen MR) is 140 cm³/mol. The van der Waals surface area contributed by atoms with E-state index in [2.05, 4.69) is 55.3 Å². The number of fused-ring (bicyclic) bond motifs is 2. The van der Waals surface area contributed by atoms with E-state index in [0.717, 1.165) is 38.0 Å². The number of halogens is 2. The highest BCUT2D eigenvalue weighted by Gasteiger charge is 2.46. The molecule has 3 aromatic rings. The molecule has 188 valence electrons. The van der Waals surface area contributed by atoms with Crippen LogP contribution in [0.15, 0.2) is 66.7 Å². The number of benzene rings is 3. The lowest BCUT2D eigenvalue weighted by Gasteiger charge is -2.40. The first-order valence-corrected chi connectivity index (χ1v) is 12.6. The molecule has 36 heavy (non-hydrogen) atoms. The second-order valence-electron chi connectivity index (χ2n) is 11.2. The second-order valence-corrected chi connectivity index (χ2v) is 11.2. The zero-order valence-electron chi connectivity index (χ0n) is 21.2. The quantitative estimate of drug-likeness (QED) is 0.437.